The SMILES string of the molecule is CCC1(CC)CC(NC2CCSC2)CCO1. The topological polar surface area (TPSA) is 21.3 Å². The molecule has 1 N–H and O–H groups in total. The lowest BCUT2D eigenvalue weighted by Gasteiger charge is -2.41. The molecule has 16 heavy (non-hydrogen) atoms. The van der Waals surface area contributed by atoms with E-state index in [2.05, 4.69) is 30.9 Å². The van der Waals surface area contributed by atoms with Gasteiger partial charge >= 0.3 is 0 Å². The molecule has 2 aliphatic rings. The Labute approximate surface area is 104 Å². The molecule has 2 fully saturated rings. The van der Waals surface area contributed by atoms with Crippen LogP contribution in [0, 0.1) is 0 Å². The van der Waals surface area contributed by atoms with Crippen LogP contribution in [0.5, 0.6) is 0 Å². The largest absolute Gasteiger partial charge is 0.375 e. The van der Waals surface area contributed by atoms with Crippen LogP contribution in [0.1, 0.15) is 46.0 Å². The fourth-order valence-electron chi connectivity index (χ4n) is 2.91. The van der Waals surface area contributed by atoms with Gasteiger partial charge in [0.05, 0.1) is 5.60 Å². The number of hydrogen-bond acceptors (Lipinski definition) is 3. The van der Waals surface area contributed by atoms with Crippen molar-refractivity contribution < 1.29 is 4.74 Å². The predicted molar refractivity (Wildman–Crippen MR) is 71.2 cm³/mol. The van der Waals surface area contributed by atoms with Crippen molar-refractivity contribution in [3.8, 4) is 0 Å². The van der Waals surface area contributed by atoms with Gasteiger partial charge in [-0.3, -0.25) is 0 Å². The molecule has 2 rings (SSSR count). The second kappa shape index (κ2) is 5.74. The van der Waals surface area contributed by atoms with Gasteiger partial charge in [0.1, 0.15) is 0 Å². The summed E-state index contributed by atoms with van der Waals surface area (Å²) in [5.41, 5.74) is 0.168. The molecule has 0 spiro atoms. The van der Waals surface area contributed by atoms with E-state index in [1.165, 1.54) is 30.8 Å². The molecular formula is C13H25NOS. The van der Waals surface area contributed by atoms with Gasteiger partial charge in [0.2, 0.25) is 0 Å². The number of hydrogen-bond donors (Lipinski definition) is 1. The number of ether oxygens (including phenoxy) is 1. The zero-order valence-corrected chi connectivity index (χ0v) is 11.4. The zero-order chi connectivity index (χ0) is 11.4. The minimum absolute atomic E-state index is 0.168. The molecule has 0 saturated carbocycles. The van der Waals surface area contributed by atoms with Gasteiger partial charge in [-0.2, -0.15) is 11.8 Å². The van der Waals surface area contributed by atoms with Gasteiger partial charge in [0.25, 0.3) is 0 Å². The Balaban J connectivity index is 1.85. The lowest BCUT2D eigenvalue weighted by atomic mass is 9.85. The average Bonchev–Trinajstić information content (AvgIpc) is 2.82. The molecule has 2 atom stereocenters. The molecule has 2 unspecified atom stereocenters. The van der Waals surface area contributed by atoms with Crippen molar-refractivity contribution in [3.63, 3.8) is 0 Å². The van der Waals surface area contributed by atoms with Crippen molar-refractivity contribution in [1.82, 2.24) is 5.32 Å². The third kappa shape index (κ3) is 2.93. The molecule has 2 aliphatic heterocycles. The molecule has 2 saturated heterocycles. The number of nitrogens with one attached hydrogen (secondary N) is 1. The van der Waals surface area contributed by atoms with Crippen molar-refractivity contribution in [2.45, 2.75) is 63.6 Å². The molecule has 0 aliphatic carbocycles. The van der Waals surface area contributed by atoms with Crippen LogP contribution >= 0.6 is 11.8 Å². The molecule has 0 bridgehead atoms. The summed E-state index contributed by atoms with van der Waals surface area (Å²) in [7, 11) is 0. The highest BCUT2D eigenvalue weighted by atomic mass is 32.2. The van der Waals surface area contributed by atoms with Crippen LogP contribution in [0.3, 0.4) is 0 Å². The van der Waals surface area contributed by atoms with E-state index in [1.807, 2.05) is 0 Å². The summed E-state index contributed by atoms with van der Waals surface area (Å²) < 4.78 is 6.01. The van der Waals surface area contributed by atoms with E-state index in [1.54, 1.807) is 0 Å². The Kier molecular flexibility index (Phi) is 4.57. The fraction of sp³-hybridized carbons (Fsp3) is 1.00. The van der Waals surface area contributed by atoms with Crippen LogP contribution < -0.4 is 5.32 Å². The van der Waals surface area contributed by atoms with E-state index < -0.39 is 0 Å². The first-order valence-electron chi connectivity index (χ1n) is 6.76. The lowest BCUT2D eigenvalue weighted by Crippen LogP contribution is -2.49. The highest BCUT2D eigenvalue weighted by Crippen LogP contribution is 2.32. The maximum Gasteiger partial charge on any atom is 0.0692 e. The highest BCUT2D eigenvalue weighted by Gasteiger charge is 2.35. The molecule has 2 heterocycles. The summed E-state index contributed by atoms with van der Waals surface area (Å²) in [5, 5.41) is 3.84. The van der Waals surface area contributed by atoms with Crippen molar-refractivity contribution in [2.24, 2.45) is 0 Å². The normalized spacial score (nSPS) is 34.1. The van der Waals surface area contributed by atoms with Crippen LogP contribution in [0.4, 0.5) is 0 Å². The minimum atomic E-state index is 0.168. The van der Waals surface area contributed by atoms with Gasteiger partial charge < -0.3 is 10.1 Å². The van der Waals surface area contributed by atoms with Gasteiger partial charge in [-0.15, -0.1) is 0 Å². The van der Waals surface area contributed by atoms with Crippen LogP contribution in [0.25, 0.3) is 0 Å². The van der Waals surface area contributed by atoms with E-state index in [0.717, 1.165) is 25.5 Å². The first-order chi connectivity index (χ1) is 7.78. The van der Waals surface area contributed by atoms with E-state index in [9.17, 15) is 0 Å². The fourth-order valence-corrected chi connectivity index (χ4v) is 4.08. The molecule has 0 radical (unpaired) electrons. The van der Waals surface area contributed by atoms with E-state index in [4.69, 9.17) is 4.74 Å². The van der Waals surface area contributed by atoms with E-state index >= 15 is 0 Å². The van der Waals surface area contributed by atoms with E-state index in [-0.39, 0.29) is 5.60 Å². The molecule has 0 aromatic carbocycles. The zero-order valence-electron chi connectivity index (χ0n) is 10.6. The Morgan fingerprint density at radius 1 is 1.25 bits per heavy atom. The minimum Gasteiger partial charge on any atom is -0.375 e. The Bertz CT molecular complexity index is 212. The first-order valence-corrected chi connectivity index (χ1v) is 7.91. The maximum absolute atomic E-state index is 6.01. The second-order valence-corrected chi connectivity index (χ2v) is 6.31. The molecule has 0 amide bonds. The number of rotatable bonds is 4. The summed E-state index contributed by atoms with van der Waals surface area (Å²) in [6, 6.07) is 1.46. The molecular weight excluding hydrogens is 218 g/mol. The predicted octanol–water partition coefficient (Wildman–Crippen LogP) is 2.82. The van der Waals surface area contributed by atoms with Gasteiger partial charge in [-0.1, -0.05) is 13.8 Å². The van der Waals surface area contributed by atoms with Crippen molar-refractivity contribution in [3.05, 3.63) is 0 Å². The van der Waals surface area contributed by atoms with Crippen molar-refractivity contribution >= 4 is 11.8 Å². The van der Waals surface area contributed by atoms with Gasteiger partial charge in [0.15, 0.2) is 0 Å². The Morgan fingerprint density at radius 2 is 2.06 bits per heavy atom. The second-order valence-electron chi connectivity index (χ2n) is 5.16. The molecule has 94 valence electrons. The van der Waals surface area contributed by atoms with Crippen LogP contribution in [0.2, 0.25) is 0 Å². The molecule has 3 heteroatoms. The standard InChI is InChI=1S/C13H25NOS/c1-3-13(4-2)9-11(5-7-15-13)14-12-6-8-16-10-12/h11-12,14H,3-10H2,1-2H3. The van der Waals surface area contributed by atoms with Gasteiger partial charge in [0, 0.05) is 24.4 Å². The van der Waals surface area contributed by atoms with Crippen molar-refractivity contribution in [2.75, 3.05) is 18.1 Å². The lowest BCUT2D eigenvalue weighted by molar-refractivity contribution is -0.0938. The highest BCUT2D eigenvalue weighted by molar-refractivity contribution is 7.99. The first kappa shape index (κ1) is 12.7. The third-order valence-electron chi connectivity index (χ3n) is 4.18. The monoisotopic (exact) mass is 243 g/mol. The quantitative estimate of drug-likeness (QED) is 0.820. The molecule has 0 aromatic heterocycles. The Hall–Kier alpha value is 0.270. The summed E-state index contributed by atoms with van der Waals surface area (Å²) in [5.74, 6) is 2.65. The van der Waals surface area contributed by atoms with Crippen LogP contribution in [-0.2, 0) is 4.74 Å². The summed E-state index contributed by atoms with van der Waals surface area (Å²) >= 11 is 2.09. The number of thioether (sulfide) groups is 1. The van der Waals surface area contributed by atoms with Gasteiger partial charge in [-0.25, -0.2) is 0 Å². The third-order valence-corrected chi connectivity index (χ3v) is 5.35. The van der Waals surface area contributed by atoms with Crippen molar-refractivity contribution in [1.29, 1.82) is 0 Å². The van der Waals surface area contributed by atoms with E-state index in [0.29, 0.717) is 6.04 Å². The summed E-state index contributed by atoms with van der Waals surface area (Å²) in [4.78, 5) is 0. The maximum atomic E-state index is 6.01. The smallest absolute Gasteiger partial charge is 0.0692 e. The molecule has 0 aromatic rings. The molecule has 2 nitrogen and oxygen atoms in total. The van der Waals surface area contributed by atoms with Gasteiger partial charge in [-0.05, 0) is 37.9 Å². The van der Waals surface area contributed by atoms with Crippen LogP contribution in [0.15, 0.2) is 0 Å². The summed E-state index contributed by atoms with van der Waals surface area (Å²) in [6.45, 7) is 5.47. The summed E-state index contributed by atoms with van der Waals surface area (Å²) in [6.07, 6.45) is 6.07. The van der Waals surface area contributed by atoms with Crippen LogP contribution in [-0.4, -0.2) is 35.8 Å². The average molecular weight is 243 g/mol. The Morgan fingerprint density at radius 3 is 2.69 bits per heavy atom.